The maximum atomic E-state index is 14.2. The Hall–Kier alpha value is -2.28. The number of morpholine rings is 1. The molecule has 3 heterocycles. The minimum atomic E-state index is -3.87. The highest BCUT2D eigenvalue weighted by Crippen LogP contribution is 2.35. The fraction of sp³-hybridized carbons (Fsp3) is 0.481. The van der Waals surface area contributed by atoms with E-state index in [0.29, 0.717) is 55.0 Å². The number of nitrogens with zero attached hydrogens (tertiary/aromatic N) is 4. The topological polar surface area (TPSA) is 92.3 Å². The molecule has 0 aliphatic carbocycles. The quantitative estimate of drug-likeness (QED) is 0.368. The SMILES string of the molecule is COc1ccc(S(=O)(=O)N2CCCC2C(=O)N(CCCN2CCOCC2)c2nc3c(C)c(Cl)ccc3s2)cc1. The van der Waals surface area contributed by atoms with Crippen LogP contribution in [0, 0.1) is 6.92 Å². The number of ether oxygens (including phenoxy) is 2. The first-order valence-electron chi connectivity index (χ1n) is 13.1. The molecule has 3 aromatic rings. The summed E-state index contributed by atoms with van der Waals surface area (Å²) in [7, 11) is -2.34. The maximum absolute atomic E-state index is 14.2. The van der Waals surface area contributed by atoms with Crippen LogP contribution in [0.25, 0.3) is 10.2 Å². The van der Waals surface area contributed by atoms with Crippen molar-refractivity contribution in [3.05, 3.63) is 47.0 Å². The summed E-state index contributed by atoms with van der Waals surface area (Å²) < 4.78 is 40.2. The molecule has 0 N–H and O–H groups in total. The van der Waals surface area contributed by atoms with Crippen molar-refractivity contribution in [1.82, 2.24) is 14.2 Å². The number of sulfonamides is 1. The van der Waals surface area contributed by atoms with Crippen LogP contribution in [0.2, 0.25) is 5.02 Å². The van der Waals surface area contributed by atoms with Gasteiger partial charge in [0.15, 0.2) is 5.13 Å². The molecule has 2 saturated heterocycles. The fourth-order valence-corrected chi connectivity index (χ4v) is 7.98. The van der Waals surface area contributed by atoms with Crippen molar-refractivity contribution < 1.29 is 22.7 Å². The van der Waals surface area contributed by atoms with Crippen LogP contribution in [-0.2, 0) is 19.6 Å². The average molecular weight is 593 g/mol. The van der Waals surface area contributed by atoms with E-state index in [2.05, 4.69) is 4.90 Å². The summed E-state index contributed by atoms with van der Waals surface area (Å²) in [6, 6.07) is 9.24. The number of thiazole rings is 1. The third-order valence-electron chi connectivity index (χ3n) is 7.35. The van der Waals surface area contributed by atoms with Crippen molar-refractivity contribution in [2.45, 2.75) is 37.1 Å². The normalized spacial score (nSPS) is 19.0. The number of halogens is 1. The van der Waals surface area contributed by atoms with E-state index in [1.54, 1.807) is 17.0 Å². The number of fused-ring (bicyclic) bond motifs is 1. The molecule has 2 fully saturated rings. The van der Waals surface area contributed by atoms with Crippen LogP contribution in [0.3, 0.4) is 0 Å². The van der Waals surface area contributed by atoms with Gasteiger partial charge in [0.05, 0.1) is 35.4 Å². The van der Waals surface area contributed by atoms with Crippen LogP contribution in [0.5, 0.6) is 5.75 Å². The van der Waals surface area contributed by atoms with Gasteiger partial charge < -0.3 is 9.47 Å². The number of benzene rings is 2. The Labute approximate surface area is 238 Å². The number of methoxy groups -OCH3 is 1. The van der Waals surface area contributed by atoms with Gasteiger partial charge in [-0.3, -0.25) is 14.6 Å². The molecule has 2 aromatic carbocycles. The molecule has 12 heteroatoms. The Morgan fingerprint density at radius 2 is 1.92 bits per heavy atom. The lowest BCUT2D eigenvalue weighted by molar-refractivity contribution is -0.121. The van der Waals surface area contributed by atoms with E-state index in [1.807, 2.05) is 19.1 Å². The number of hydrogen-bond donors (Lipinski definition) is 0. The lowest BCUT2D eigenvalue weighted by atomic mass is 10.2. The zero-order chi connectivity index (χ0) is 27.6. The molecule has 2 aliphatic heterocycles. The smallest absolute Gasteiger partial charge is 0.247 e. The van der Waals surface area contributed by atoms with Gasteiger partial charge in [0.25, 0.3) is 0 Å². The van der Waals surface area contributed by atoms with Gasteiger partial charge in [-0.25, -0.2) is 13.4 Å². The summed E-state index contributed by atoms with van der Waals surface area (Å²) in [6.45, 7) is 6.62. The predicted octanol–water partition coefficient (Wildman–Crippen LogP) is 4.18. The van der Waals surface area contributed by atoms with E-state index in [4.69, 9.17) is 26.1 Å². The maximum Gasteiger partial charge on any atom is 0.247 e. The van der Waals surface area contributed by atoms with Crippen molar-refractivity contribution in [3.8, 4) is 5.75 Å². The number of carbonyl (C=O) groups excluding carboxylic acids is 1. The molecular weight excluding hydrogens is 560 g/mol. The summed E-state index contributed by atoms with van der Waals surface area (Å²) in [6.07, 6.45) is 1.81. The minimum Gasteiger partial charge on any atom is -0.497 e. The van der Waals surface area contributed by atoms with E-state index in [1.165, 1.54) is 34.9 Å². The van der Waals surface area contributed by atoms with Gasteiger partial charge in [0, 0.05) is 37.7 Å². The van der Waals surface area contributed by atoms with E-state index < -0.39 is 16.1 Å². The predicted molar refractivity (Wildman–Crippen MR) is 154 cm³/mol. The zero-order valence-electron chi connectivity index (χ0n) is 22.1. The lowest BCUT2D eigenvalue weighted by Gasteiger charge is -2.30. The molecule has 2 aliphatic rings. The van der Waals surface area contributed by atoms with Crippen molar-refractivity contribution in [1.29, 1.82) is 0 Å². The summed E-state index contributed by atoms with van der Waals surface area (Å²) in [5.74, 6) is 0.329. The molecule has 0 spiro atoms. The van der Waals surface area contributed by atoms with Gasteiger partial charge in [0.1, 0.15) is 11.8 Å². The number of carbonyl (C=O) groups is 1. The lowest BCUT2D eigenvalue weighted by Crippen LogP contribution is -2.48. The first-order valence-corrected chi connectivity index (χ1v) is 15.8. The molecule has 5 rings (SSSR count). The van der Waals surface area contributed by atoms with E-state index in [9.17, 15) is 13.2 Å². The van der Waals surface area contributed by atoms with Crippen molar-refractivity contribution >= 4 is 54.2 Å². The van der Waals surface area contributed by atoms with Gasteiger partial charge in [-0.15, -0.1) is 0 Å². The molecule has 0 bridgehead atoms. The molecule has 1 atom stereocenters. The van der Waals surface area contributed by atoms with Crippen LogP contribution in [0.15, 0.2) is 41.3 Å². The van der Waals surface area contributed by atoms with Crippen molar-refractivity contribution in [3.63, 3.8) is 0 Å². The van der Waals surface area contributed by atoms with E-state index in [0.717, 1.165) is 41.8 Å². The largest absolute Gasteiger partial charge is 0.497 e. The highest BCUT2D eigenvalue weighted by atomic mass is 35.5. The molecule has 39 heavy (non-hydrogen) atoms. The second-order valence-corrected chi connectivity index (χ2v) is 13.1. The second kappa shape index (κ2) is 12.1. The molecule has 1 aromatic heterocycles. The van der Waals surface area contributed by atoms with E-state index >= 15 is 0 Å². The molecule has 0 saturated carbocycles. The molecule has 0 radical (unpaired) electrons. The highest BCUT2D eigenvalue weighted by molar-refractivity contribution is 7.89. The van der Waals surface area contributed by atoms with Crippen molar-refractivity contribution in [2.75, 3.05) is 57.9 Å². The van der Waals surface area contributed by atoms with Gasteiger partial charge in [-0.05, 0) is 68.1 Å². The molecule has 9 nitrogen and oxygen atoms in total. The number of anilines is 1. The minimum absolute atomic E-state index is 0.145. The van der Waals surface area contributed by atoms with Crippen LogP contribution < -0.4 is 9.64 Å². The van der Waals surface area contributed by atoms with E-state index in [-0.39, 0.29) is 10.8 Å². The van der Waals surface area contributed by atoms with Crippen LogP contribution in [-0.4, -0.2) is 87.6 Å². The first-order chi connectivity index (χ1) is 18.8. The fourth-order valence-electron chi connectivity index (χ4n) is 5.12. The summed E-state index contributed by atoms with van der Waals surface area (Å²) in [5.41, 5.74) is 1.63. The molecule has 1 unspecified atom stereocenters. The average Bonchev–Trinajstić information content (AvgIpc) is 3.62. The van der Waals surface area contributed by atoms with Gasteiger partial charge in [0.2, 0.25) is 15.9 Å². The Morgan fingerprint density at radius 3 is 2.64 bits per heavy atom. The number of hydrogen-bond acceptors (Lipinski definition) is 8. The number of aryl methyl sites for hydroxylation is 1. The Kier molecular flexibility index (Phi) is 8.75. The summed E-state index contributed by atoms with van der Waals surface area (Å²) >= 11 is 7.78. The second-order valence-electron chi connectivity index (χ2n) is 9.76. The zero-order valence-corrected chi connectivity index (χ0v) is 24.5. The van der Waals surface area contributed by atoms with Gasteiger partial charge >= 0.3 is 0 Å². The summed E-state index contributed by atoms with van der Waals surface area (Å²) in [4.78, 5) is 23.1. The van der Waals surface area contributed by atoms with Gasteiger partial charge in [-0.2, -0.15) is 4.31 Å². The monoisotopic (exact) mass is 592 g/mol. The third-order valence-corrected chi connectivity index (χ3v) is 10.7. The third kappa shape index (κ3) is 5.94. The number of aromatic nitrogens is 1. The Morgan fingerprint density at radius 1 is 1.18 bits per heavy atom. The van der Waals surface area contributed by atoms with Crippen molar-refractivity contribution in [2.24, 2.45) is 0 Å². The van der Waals surface area contributed by atoms with Gasteiger partial charge in [-0.1, -0.05) is 22.9 Å². The summed E-state index contributed by atoms with van der Waals surface area (Å²) in [5, 5.41) is 1.19. The Balaban J connectivity index is 1.43. The number of amides is 1. The van der Waals surface area contributed by atoms with Crippen LogP contribution in [0.4, 0.5) is 5.13 Å². The highest BCUT2D eigenvalue weighted by Gasteiger charge is 2.42. The van der Waals surface area contributed by atoms with Crippen LogP contribution in [0.1, 0.15) is 24.8 Å². The molecular formula is C27H33ClN4O5S2. The standard InChI is InChI=1S/C27H33ClN4O5S2/c1-19-22(28)10-11-24-25(19)29-27(38-24)31(13-4-12-30-15-17-37-18-16-30)26(33)23-5-3-14-32(23)39(34,35)21-8-6-20(36-2)7-9-21/h6-11,23H,3-5,12-18H2,1-2H3. The van der Waals surface area contributed by atoms with Crippen LogP contribution >= 0.6 is 22.9 Å². The Bertz CT molecular complexity index is 1420. The number of rotatable bonds is 9. The first kappa shape index (κ1) is 28.3. The molecule has 210 valence electrons. The molecule has 1 amide bonds.